The third-order valence-electron chi connectivity index (χ3n) is 7.31. The maximum absolute atomic E-state index is 12.8. The van der Waals surface area contributed by atoms with Gasteiger partial charge in [-0.2, -0.15) is 0 Å². The van der Waals surface area contributed by atoms with E-state index in [-0.39, 0.29) is 11.2 Å². The van der Waals surface area contributed by atoms with Gasteiger partial charge in [0.05, 0.1) is 7.11 Å². The minimum absolute atomic E-state index is 0.214. The Labute approximate surface area is 164 Å². The Morgan fingerprint density at radius 2 is 1.81 bits per heavy atom. The number of methoxy groups -OCH3 is 1. The standard InChI is InChI=1S/C24H35NO2/c1-24(2,3)23(26)19-7-8-22(27-4)20(15-19)17-9-11-25(12-10-17)21-14-16-5-6-18(21)13-16/h7-8,15-18,21H,5-6,9-14H2,1-4H3/t16?,18?,21-/m0/s1. The summed E-state index contributed by atoms with van der Waals surface area (Å²) < 4.78 is 5.66. The van der Waals surface area contributed by atoms with Crippen molar-refractivity contribution in [2.45, 2.75) is 71.3 Å². The Bertz CT molecular complexity index is 697. The first-order valence-electron chi connectivity index (χ1n) is 10.8. The maximum Gasteiger partial charge on any atom is 0.168 e. The number of likely N-dealkylation sites (tertiary alicyclic amines) is 1. The van der Waals surface area contributed by atoms with Crippen molar-refractivity contribution in [2.24, 2.45) is 17.3 Å². The molecule has 2 bridgehead atoms. The van der Waals surface area contributed by atoms with Gasteiger partial charge in [0, 0.05) is 17.0 Å². The summed E-state index contributed by atoms with van der Waals surface area (Å²) in [6.07, 6.45) is 8.21. The third-order valence-corrected chi connectivity index (χ3v) is 7.31. The average Bonchev–Trinajstić information content (AvgIpc) is 3.30. The molecule has 0 amide bonds. The van der Waals surface area contributed by atoms with Gasteiger partial charge >= 0.3 is 0 Å². The second kappa shape index (κ2) is 7.24. The van der Waals surface area contributed by atoms with Gasteiger partial charge in [0.2, 0.25) is 0 Å². The molecule has 1 aromatic carbocycles. The zero-order valence-corrected chi connectivity index (χ0v) is 17.5. The predicted molar refractivity (Wildman–Crippen MR) is 110 cm³/mol. The van der Waals surface area contributed by atoms with Crippen LogP contribution in [0.2, 0.25) is 0 Å². The number of fused-ring (bicyclic) bond motifs is 2. The molecule has 1 saturated heterocycles. The van der Waals surface area contributed by atoms with Crippen molar-refractivity contribution in [1.29, 1.82) is 0 Å². The number of benzene rings is 1. The summed E-state index contributed by atoms with van der Waals surface area (Å²) in [7, 11) is 1.74. The zero-order chi connectivity index (χ0) is 19.2. The van der Waals surface area contributed by atoms with E-state index in [0.29, 0.717) is 5.92 Å². The summed E-state index contributed by atoms with van der Waals surface area (Å²) in [4.78, 5) is 15.5. The smallest absolute Gasteiger partial charge is 0.168 e. The van der Waals surface area contributed by atoms with Gasteiger partial charge in [-0.15, -0.1) is 0 Å². The van der Waals surface area contributed by atoms with Crippen LogP contribution in [-0.2, 0) is 0 Å². The van der Waals surface area contributed by atoms with Crippen molar-refractivity contribution in [3.05, 3.63) is 29.3 Å². The van der Waals surface area contributed by atoms with Crippen LogP contribution in [0.25, 0.3) is 0 Å². The van der Waals surface area contributed by atoms with E-state index in [1.807, 2.05) is 32.9 Å². The minimum Gasteiger partial charge on any atom is -0.496 e. The van der Waals surface area contributed by atoms with Gasteiger partial charge in [0.1, 0.15) is 5.75 Å². The Kier molecular flexibility index (Phi) is 5.09. The van der Waals surface area contributed by atoms with Crippen molar-refractivity contribution >= 4 is 5.78 Å². The van der Waals surface area contributed by atoms with E-state index in [0.717, 1.165) is 29.2 Å². The number of carbonyl (C=O) groups is 1. The number of nitrogens with zero attached hydrogens (tertiary/aromatic N) is 1. The molecule has 0 radical (unpaired) electrons. The lowest BCUT2D eigenvalue weighted by Crippen LogP contribution is -2.43. The van der Waals surface area contributed by atoms with Crippen molar-refractivity contribution in [3.63, 3.8) is 0 Å². The summed E-state index contributed by atoms with van der Waals surface area (Å²) in [5.41, 5.74) is 1.71. The number of ether oxygens (including phenoxy) is 1. The van der Waals surface area contributed by atoms with Crippen LogP contribution in [0.4, 0.5) is 0 Å². The lowest BCUT2D eigenvalue weighted by Gasteiger charge is -2.40. The first-order valence-corrected chi connectivity index (χ1v) is 10.8. The average molecular weight is 370 g/mol. The van der Waals surface area contributed by atoms with Crippen LogP contribution in [0, 0.1) is 17.3 Å². The number of rotatable bonds is 4. The quantitative estimate of drug-likeness (QED) is 0.675. The molecule has 3 nitrogen and oxygen atoms in total. The zero-order valence-electron chi connectivity index (χ0n) is 17.5. The molecule has 0 N–H and O–H groups in total. The molecule has 2 unspecified atom stereocenters. The Morgan fingerprint density at radius 3 is 2.37 bits per heavy atom. The van der Waals surface area contributed by atoms with Gasteiger partial charge in [-0.1, -0.05) is 27.2 Å². The first-order chi connectivity index (χ1) is 12.9. The van der Waals surface area contributed by atoms with Crippen molar-refractivity contribution in [3.8, 4) is 5.75 Å². The fourth-order valence-corrected chi connectivity index (χ4v) is 5.83. The molecular formula is C24H35NO2. The summed E-state index contributed by atoms with van der Waals surface area (Å²) in [5.74, 6) is 3.64. The topological polar surface area (TPSA) is 29.5 Å². The molecule has 3 aliphatic rings. The molecule has 3 heteroatoms. The Morgan fingerprint density at radius 1 is 1.07 bits per heavy atom. The van der Waals surface area contributed by atoms with Crippen LogP contribution >= 0.6 is 0 Å². The van der Waals surface area contributed by atoms with Gasteiger partial charge < -0.3 is 9.64 Å². The van der Waals surface area contributed by atoms with Crippen molar-refractivity contribution in [2.75, 3.05) is 20.2 Å². The first kappa shape index (κ1) is 19.0. The molecular weight excluding hydrogens is 334 g/mol. The second-order valence-electron chi connectivity index (χ2n) is 10.1. The number of ketones is 1. The Hall–Kier alpha value is -1.35. The van der Waals surface area contributed by atoms with E-state index in [9.17, 15) is 4.79 Å². The van der Waals surface area contributed by atoms with Crippen LogP contribution in [0.5, 0.6) is 5.75 Å². The predicted octanol–water partition coefficient (Wildman–Crippen LogP) is 5.29. The highest BCUT2D eigenvalue weighted by Gasteiger charge is 2.43. The van der Waals surface area contributed by atoms with E-state index in [1.54, 1.807) is 7.11 Å². The SMILES string of the molecule is COc1ccc(C(=O)C(C)(C)C)cc1C1CCN([C@H]2CC3CCC2C3)CC1. The number of hydrogen-bond acceptors (Lipinski definition) is 3. The summed E-state index contributed by atoms with van der Waals surface area (Å²) in [5, 5.41) is 0. The van der Waals surface area contributed by atoms with Crippen LogP contribution in [0.15, 0.2) is 18.2 Å². The molecule has 2 aliphatic carbocycles. The largest absolute Gasteiger partial charge is 0.496 e. The van der Waals surface area contributed by atoms with Gasteiger partial charge in [0.15, 0.2) is 5.78 Å². The van der Waals surface area contributed by atoms with Gasteiger partial charge in [0.25, 0.3) is 0 Å². The molecule has 1 aliphatic heterocycles. The second-order valence-corrected chi connectivity index (χ2v) is 10.1. The van der Waals surface area contributed by atoms with E-state index in [1.165, 1.54) is 57.2 Å². The normalized spacial score (nSPS) is 29.3. The summed E-state index contributed by atoms with van der Waals surface area (Å²) in [6.45, 7) is 8.37. The fraction of sp³-hybridized carbons (Fsp3) is 0.708. The molecule has 1 aromatic rings. The number of carbonyl (C=O) groups excluding carboxylic acids is 1. The lowest BCUT2D eigenvalue weighted by atomic mass is 9.82. The molecule has 4 rings (SSSR count). The monoisotopic (exact) mass is 369 g/mol. The molecule has 2 saturated carbocycles. The molecule has 148 valence electrons. The Balaban J connectivity index is 1.48. The molecule has 0 aromatic heterocycles. The van der Waals surface area contributed by atoms with Gasteiger partial charge in [-0.05, 0) is 86.7 Å². The molecule has 0 spiro atoms. The van der Waals surface area contributed by atoms with Gasteiger partial charge in [-0.25, -0.2) is 0 Å². The van der Waals surface area contributed by atoms with E-state index in [4.69, 9.17) is 4.74 Å². The summed E-state index contributed by atoms with van der Waals surface area (Å²) in [6, 6.07) is 6.89. The highest BCUT2D eigenvalue weighted by Crippen LogP contribution is 2.48. The van der Waals surface area contributed by atoms with Crippen LogP contribution in [-0.4, -0.2) is 36.9 Å². The van der Waals surface area contributed by atoms with E-state index in [2.05, 4.69) is 11.0 Å². The fourth-order valence-electron chi connectivity index (χ4n) is 5.83. The highest BCUT2D eigenvalue weighted by atomic mass is 16.5. The minimum atomic E-state index is -0.350. The maximum atomic E-state index is 12.8. The van der Waals surface area contributed by atoms with Crippen LogP contribution in [0.3, 0.4) is 0 Å². The van der Waals surface area contributed by atoms with Crippen LogP contribution < -0.4 is 4.74 Å². The van der Waals surface area contributed by atoms with E-state index >= 15 is 0 Å². The van der Waals surface area contributed by atoms with E-state index < -0.39 is 0 Å². The van der Waals surface area contributed by atoms with Gasteiger partial charge in [-0.3, -0.25) is 4.79 Å². The number of Topliss-reactive ketones (excluding diaryl/α,β-unsaturated/α-hetero) is 1. The third kappa shape index (κ3) is 3.68. The lowest BCUT2D eigenvalue weighted by molar-refractivity contribution is 0.0858. The van der Waals surface area contributed by atoms with Crippen molar-refractivity contribution < 1.29 is 9.53 Å². The van der Waals surface area contributed by atoms with Crippen LogP contribution in [0.1, 0.15) is 81.1 Å². The number of piperidine rings is 1. The molecule has 1 heterocycles. The van der Waals surface area contributed by atoms with Crippen molar-refractivity contribution in [1.82, 2.24) is 4.90 Å². The molecule has 3 fully saturated rings. The summed E-state index contributed by atoms with van der Waals surface area (Å²) >= 11 is 0. The molecule has 3 atom stereocenters. The molecule has 27 heavy (non-hydrogen) atoms. The number of hydrogen-bond donors (Lipinski definition) is 0. The highest BCUT2D eigenvalue weighted by molar-refractivity contribution is 6.00.